The Labute approximate surface area is 124 Å². The van der Waals surface area contributed by atoms with Crippen molar-refractivity contribution in [1.29, 1.82) is 0 Å². The fourth-order valence-corrected chi connectivity index (χ4v) is 2.76. The van der Waals surface area contributed by atoms with E-state index in [0.717, 1.165) is 42.1 Å². The molecule has 5 nitrogen and oxygen atoms in total. The molecule has 0 bridgehead atoms. The van der Waals surface area contributed by atoms with E-state index in [1.165, 1.54) is 0 Å². The molecule has 1 saturated heterocycles. The van der Waals surface area contributed by atoms with Crippen LogP contribution >= 0.6 is 0 Å². The van der Waals surface area contributed by atoms with Gasteiger partial charge in [-0.25, -0.2) is 4.98 Å². The summed E-state index contributed by atoms with van der Waals surface area (Å²) in [6.45, 7) is 5.15. The van der Waals surface area contributed by atoms with E-state index >= 15 is 0 Å². The fraction of sp³-hybridized carbons (Fsp3) is 0.438. The average Bonchev–Trinajstić information content (AvgIpc) is 2.53. The summed E-state index contributed by atoms with van der Waals surface area (Å²) < 4.78 is 10.7. The molecule has 0 aliphatic carbocycles. The number of anilines is 1. The van der Waals surface area contributed by atoms with Gasteiger partial charge in [0, 0.05) is 37.1 Å². The minimum Gasteiger partial charge on any atom is -0.493 e. The van der Waals surface area contributed by atoms with Crippen molar-refractivity contribution in [3.63, 3.8) is 0 Å². The first-order chi connectivity index (χ1) is 10.2. The van der Waals surface area contributed by atoms with Crippen molar-refractivity contribution >= 4 is 16.7 Å². The summed E-state index contributed by atoms with van der Waals surface area (Å²) in [5.41, 5.74) is 0.927. The molecule has 1 unspecified atom stereocenters. The van der Waals surface area contributed by atoms with E-state index in [0.29, 0.717) is 11.8 Å². The molecule has 1 aliphatic heterocycles. The van der Waals surface area contributed by atoms with E-state index in [-0.39, 0.29) is 0 Å². The van der Waals surface area contributed by atoms with Crippen molar-refractivity contribution in [1.82, 2.24) is 10.3 Å². The monoisotopic (exact) mass is 287 g/mol. The Kier molecular flexibility index (Phi) is 3.84. The van der Waals surface area contributed by atoms with Crippen LogP contribution in [0.3, 0.4) is 0 Å². The van der Waals surface area contributed by atoms with Crippen LogP contribution in [0.15, 0.2) is 24.3 Å². The highest BCUT2D eigenvalue weighted by Crippen LogP contribution is 2.32. The number of pyridine rings is 1. The van der Waals surface area contributed by atoms with Gasteiger partial charge in [0.25, 0.3) is 0 Å². The summed E-state index contributed by atoms with van der Waals surface area (Å²) in [5, 5.41) is 4.50. The van der Waals surface area contributed by atoms with E-state index in [9.17, 15) is 0 Å². The van der Waals surface area contributed by atoms with E-state index in [4.69, 9.17) is 14.5 Å². The van der Waals surface area contributed by atoms with Crippen molar-refractivity contribution in [3.8, 4) is 11.5 Å². The third-order valence-electron chi connectivity index (χ3n) is 3.87. The minimum absolute atomic E-state index is 0.488. The quantitative estimate of drug-likeness (QED) is 0.936. The molecule has 1 aromatic heterocycles. The number of hydrogen-bond acceptors (Lipinski definition) is 5. The maximum absolute atomic E-state index is 5.36. The van der Waals surface area contributed by atoms with Gasteiger partial charge >= 0.3 is 0 Å². The van der Waals surface area contributed by atoms with Gasteiger partial charge in [0.15, 0.2) is 11.5 Å². The molecule has 1 atom stereocenters. The Bertz CT molecular complexity index is 645. The number of ether oxygens (including phenoxy) is 2. The number of nitrogens with one attached hydrogen (secondary N) is 1. The van der Waals surface area contributed by atoms with E-state index in [2.05, 4.69) is 29.3 Å². The molecule has 1 fully saturated rings. The molecular weight excluding hydrogens is 266 g/mol. The van der Waals surface area contributed by atoms with Crippen molar-refractivity contribution in [2.24, 2.45) is 0 Å². The lowest BCUT2D eigenvalue weighted by Gasteiger charge is -2.32. The maximum Gasteiger partial charge on any atom is 0.162 e. The van der Waals surface area contributed by atoms with Crippen LogP contribution in [0.4, 0.5) is 5.82 Å². The first-order valence-electron chi connectivity index (χ1n) is 7.22. The zero-order valence-corrected chi connectivity index (χ0v) is 12.7. The van der Waals surface area contributed by atoms with Crippen LogP contribution in [-0.2, 0) is 0 Å². The predicted molar refractivity (Wildman–Crippen MR) is 84.5 cm³/mol. The number of fused-ring (bicyclic) bond motifs is 1. The Balaban J connectivity index is 1.99. The Morgan fingerprint density at radius 3 is 2.67 bits per heavy atom. The average molecular weight is 287 g/mol. The molecule has 3 rings (SSSR count). The second-order valence-corrected chi connectivity index (χ2v) is 5.37. The second-order valence-electron chi connectivity index (χ2n) is 5.37. The zero-order chi connectivity index (χ0) is 14.8. The summed E-state index contributed by atoms with van der Waals surface area (Å²) in [6.07, 6.45) is 0. The molecular formula is C16H21N3O2. The van der Waals surface area contributed by atoms with Gasteiger partial charge < -0.3 is 19.7 Å². The zero-order valence-electron chi connectivity index (χ0n) is 12.7. The topological polar surface area (TPSA) is 46.6 Å². The number of rotatable bonds is 3. The van der Waals surface area contributed by atoms with Crippen LogP contribution < -0.4 is 19.7 Å². The first-order valence-corrected chi connectivity index (χ1v) is 7.22. The van der Waals surface area contributed by atoms with Gasteiger partial charge in [0.2, 0.25) is 0 Å². The molecule has 0 saturated carbocycles. The second kappa shape index (κ2) is 5.77. The molecule has 21 heavy (non-hydrogen) atoms. The van der Waals surface area contributed by atoms with Crippen LogP contribution in [0.25, 0.3) is 10.9 Å². The molecule has 1 N–H and O–H groups in total. The van der Waals surface area contributed by atoms with E-state index < -0.39 is 0 Å². The summed E-state index contributed by atoms with van der Waals surface area (Å²) in [6, 6.07) is 8.55. The summed E-state index contributed by atoms with van der Waals surface area (Å²) in [5.74, 6) is 2.46. The van der Waals surface area contributed by atoms with Crippen molar-refractivity contribution in [2.75, 3.05) is 38.8 Å². The standard InChI is InChI=1S/C16H21N3O2/c1-11-10-19(7-6-17-11)16-5-4-12-8-14(20-2)15(21-3)9-13(12)18-16/h4-5,8-9,11,17H,6-7,10H2,1-3H3. The molecule has 0 radical (unpaired) electrons. The van der Waals surface area contributed by atoms with E-state index in [1.54, 1.807) is 14.2 Å². The predicted octanol–water partition coefficient (Wildman–Crippen LogP) is 2.05. The Morgan fingerprint density at radius 1 is 1.19 bits per heavy atom. The number of aromatic nitrogens is 1. The van der Waals surface area contributed by atoms with Crippen molar-refractivity contribution < 1.29 is 9.47 Å². The van der Waals surface area contributed by atoms with Gasteiger partial charge in [0.1, 0.15) is 5.82 Å². The SMILES string of the molecule is COc1cc2ccc(N3CCNC(C)C3)nc2cc1OC. The highest BCUT2D eigenvalue weighted by molar-refractivity contribution is 5.84. The number of hydrogen-bond donors (Lipinski definition) is 1. The van der Waals surface area contributed by atoms with Crippen LogP contribution in [0.1, 0.15) is 6.92 Å². The maximum atomic E-state index is 5.36. The fourth-order valence-electron chi connectivity index (χ4n) is 2.76. The van der Waals surface area contributed by atoms with E-state index in [1.807, 2.05) is 12.1 Å². The highest BCUT2D eigenvalue weighted by atomic mass is 16.5. The van der Waals surface area contributed by atoms with Crippen LogP contribution in [0.2, 0.25) is 0 Å². The molecule has 0 amide bonds. The van der Waals surface area contributed by atoms with Crippen LogP contribution in [-0.4, -0.2) is 44.9 Å². The smallest absolute Gasteiger partial charge is 0.162 e. The highest BCUT2D eigenvalue weighted by Gasteiger charge is 2.17. The third-order valence-corrected chi connectivity index (χ3v) is 3.87. The first kappa shape index (κ1) is 13.9. The summed E-state index contributed by atoms with van der Waals surface area (Å²) in [7, 11) is 3.29. The number of benzene rings is 1. The molecule has 0 spiro atoms. The van der Waals surface area contributed by atoms with Gasteiger partial charge in [-0.3, -0.25) is 0 Å². The summed E-state index contributed by atoms with van der Waals surface area (Å²) in [4.78, 5) is 7.10. The lowest BCUT2D eigenvalue weighted by Crippen LogP contribution is -2.49. The summed E-state index contributed by atoms with van der Waals surface area (Å²) >= 11 is 0. The molecule has 2 heterocycles. The van der Waals surface area contributed by atoms with Gasteiger partial charge in [-0.2, -0.15) is 0 Å². The third kappa shape index (κ3) is 2.74. The molecule has 1 aliphatic rings. The number of methoxy groups -OCH3 is 2. The Hall–Kier alpha value is -2.01. The van der Waals surface area contributed by atoms with Crippen LogP contribution in [0, 0.1) is 0 Å². The van der Waals surface area contributed by atoms with Gasteiger partial charge in [0.05, 0.1) is 19.7 Å². The molecule has 2 aromatic rings. The normalized spacial score (nSPS) is 18.8. The Morgan fingerprint density at radius 2 is 1.95 bits per heavy atom. The van der Waals surface area contributed by atoms with Gasteiger partial charge in [-0.15, -0.1) is 0 Å². The van der Waals surface area contributed by atoms with Gasteiger partial charge in [-0.05, 0) is 25.1 Å². The minimum atomic E-state index is 0.488. The van der Waals surface area contributed by atoms with Crippen LogP contribution in [0.5, 0.6) is 11.5 Å². The largest absolute Gasteiger partial charge is 0.493 e. The molecule has 1 aromatic carbocycles. The van der Waals surface area contributed by atoms with Crippen molar-refractivity contribution in [2.45, 2.75) is 13.0 Å². The molecule has 5 heteroatoms. The number of piperazine rings is 1. The van der Waals surface area contributed by atoms with Gasteiger partial charge in [-0.1, -0.05) is 0 Å². The lowest BCUT2D eigenvalue weighted by molar-refractivity contribution is 0.356. The molecule has 112 valence electrons. The number of nitrogens with zero attached hydrogens (tertiary/aromatic N) is 2. The lowest BCUT2D eigenvalue weighted by atomic mass is 10.2. The van der Waals surface area contributed by atoms with Crippen molar-refractivity contribution in [3.05, 3.63) is 24.3 Å².